The van der Waals surface area contributed by atoms with Gasteiger partial charge in [0.05, 0.1) is 23.3 Å². The number of methoxy groups -OCH3 is 1. The lowest BCUT2D eigenvalue weighted by Crippen LogP contribution is -2.30. The molecule has 9 nitrogen and oxygen atoms in total. The Morgan fingerprint density at radius 1 is 1.22 bits per heavy atom. The summed E-state index contributed by atoms with van der Waals surface area (Å²) >= 11 is 0. The number of carbonyl (C=O) groups is 2. The summed E-state index contributed by atoms with van der Waals surface area (Å²) in [5, 5.41) is 23.0. The molecule has 1 unspecified atom stereocenters. The van der Waals surface area contributed by atoms with E-state index < -0.39 is 22.9 Å². The van der Waals surface area contributed by atoms with Crippen molar-refractivity contribution in [2.24, 2.45) is 0 Å². The Kier molecular flexibility index (Phi) is 5.96. The number of nitro groups is 1. The molecule has 0 aliphatic rings. The van der Waals surface area contributed by atoms with E-state index in [1.54, 1.807) is 13.0 Å². The van der Waals surface area contributed by atoms with Gasteiger partial charge in [-0.3, -0.25) is 14.9 Å². The highest BCUT2D eigenvalue weighted by Gasteiger charge is 2.22. The molecule has 0 saturated heterocycles. The van der Waals surface area contributed by atoms with Crippen molar-refractivity contribution in [2.75, 3.05) is 12.4 Å². The smallest absolute Gasteiger partial charge is 0.339 e. The first-order valence-electron chi connectivity index (χ1n) is 7.86. The maximum atomic E-state index is 12.3. The maximum absolute atomic E-state index is 12.3. The number of non-ortho nitro benzene ring substituents is 1. The second kappa shape index (κ2) is 8.17. The zero-order chi connectivity index (χ0) is 20.1. The van der Waals surface area contributed by atoms with Crippen LogP contribution in [0.4, 0.5) is 11.4 Å². The van der Waals surface area contributed by atoms with Crippen LogP contribution in [0.15, 0.2) is 36.4 Å². The topological polar surface area (TPSA) is 128 Å². The molecular formula is C18H18N2O7. The lowest BCUT2D eigenvalue weighted by molar-refractivity contribution is -0.384. The summed E-state index contributed by atoms with van der Waals surface area (Å²) < 4.78 is 10.1. The fourth-order valence-electron chi connectivity index (χ4n) is 2.16. The van der Waals surface area contributed by atoms with Crippen molar-refractivity contribution >= 4 is 23.3 Å². The average Bonchev–Trinajstić information content (AvgIpc) is 2.63. The monoisotopic (exact) mass is 374 g/mol. The molecular weight excluding hydrogens is 356 g/mol. The van der Waals surface area contributed by atoms with Crippen LogP contribution in [0, 0.1) is 17.0 Å². The number of esters is 1. The maximum Gasteiger partial charge on any atom is 0.339 e. The number of nitro benzene ring substituents is 1. The van der Waals surface area contributed by atoms with E-state index in [0.29, 0.717) is 5.56 Å². The molecule has 2 rings (SSSR count). The minimum absolute atomic E-state index is 0.0668. The number of nitrogens with zero attached hydrogens (tertiary/aromatic N) is 1. The van der Waals surface area contributed by atoms with E-state index in [4.69, 9.17) is 9.47 Å². The minimum atomic E-state index is -1.19. The summed E-state index contributed by atoms with van der Waals surface area (Å²) in [6.07, 6.45) is -1.19. The van der Waals surface area contributed by atoms with Gasteiger partial charge in [-0.1, -0.05) is 6.07 Å². The van der Waals surface area contributed by atoms with E-state index in [2.05, 4.69) is 5.32 Å². The van der Waals surface area contributed by atoms with Gasteiger partial charge in [0.1, 0.15) is 11.5 Å². The van der Waals surface area contributed by atoms with E-state index in [-0.39, 0.29) is 28.4 Å². The SMILES string of the molecule is COc1ccc([N+](=O)[O-])cc1NC(=O)C(C)OC(=O)c1ccc(C)c(O)c1. The van der Waals surface area contributed by atoms with E-state index in [1.807, 2.05) is 0 Å². The van der Waals surface area contributed by atoms with Gasteiger partial charge in [0.25, 0.3) is 11.6 Å². The average molecular weight is 374 g/mol. The van der Waals surface area contributed by atoms with Crippen LogP contribution in [0.2, 0.25) is 0 Å². The van der Waals surface area contributed by atoms with Gasteiger partial charge in [0.15, 0.2) is 6.10 Å². The number of aryl methyl sites for hydroxylation is 1. The summed E-state index contributed by atoms with van der Waals surface area (Å²) in [5.74, 6) is -1.34. The van der Waals surface area contributed by atoms with Gasteiger partial charge < -0.3 is 19.9 Å². The van der Waals surface area contributed by atoms with Crippen molar-refractivity contribution < 1.29 is 29.1 Å². The van der Waals surface area contributed by atoms with Crippen molar-refractivity contribution in [3.05, 3.63) is 57.6 Å². The van der Waals surface area contributed by atoms with Crippen LogP contribution in [0.1, 0.15) is 22.8 Å². The molecule has 0 aromatic heterocycles. The minimum Gasteiger partial charge on any atom is -0.508 e. The van der Waals surface area contributed by atoms with E-state index >= 15 is 0 Å². The molecule has 9 heteroatoms. The predicted molar refractivity (Wildman–Crippen MR) is 96.0 cm³/mol. The first-order chi connectivity index (χ1) is 12.7. The molecule has 0 spiro atoms. The van der Waals surface area contributed by atoms with E-state index in [9.17, 15) is 24.8 Å². The predicted octanol–water partition coefficient (Wildman–Crippen LogP) is 2.80. The number of hydrogen-bond acceptors (Lipinski definition) is 7. The van der Waals surface area contributed by atoms with Crippen LogP contribution >= 0.6 is 0 Å². The van der Waals surface area contributed by atoms with Gasteiger partial charge in [-0.25, -0.2) is 4.79 Å². The van der Waals surface area contributed by atoms with Crippen molar-refractivity contribution in [1.29, 1.82) is 0 Å². The third-order valence-corrected chi connectivity index (χ3v) is 3.75. The number of anilines is 1. The molecule has 0 aliphatic carbocycles. The lowest BCUT2D eigenvalue weighted by Gasteiger charge is -2.15. The largest absolute Gasteiger partial charge is 0.508 e. The Balaban J connectivity index is 2.11. The van der Waals surface area contributed by atoms with Gasteiger partial charge in [-0.2, -0.15) is 0 Å². The molecule has 27 heavy (non-hydrogen) atoms. The van der Waals surface area contributed by atoms with Crippen molar-refractivity contribution in [3.8, 4) is 11.5 Å². The summed E-state index contributed by atoms with van der Waals surface area (Å²) in [7, 11) is 1.35. The highest BCUT2D eigenvalue weighted by Crippen LogP contribution is 2.29. The third kappa shape index (κ3) is 4.72. The standard InChI is InChI=1S/C18H18N2O7/c1-10-4-5-12(8-15(10)21)18(23)27-11(2)17(22)19-14-9-13(20(24)25)6-7-16(14)26-3/h4-9,11,21H,1-3H3,(H,19,22). The van der Waals surface area contributed by atoms with Crippen LogP contribution in [0.25, 0.3) is 0 Å². The second-order valence-corrected chi connectivity index (χ2v) is 5.68. The normalized spacial score (nSPS) is 11.4. The molecule has 1 amide bonds. The van der Waals surface area contributed by atoms with E-state index in [1.165, 1.54) is 38.3 Å². The molecule has 0 saturated carbocycles. The molecule has 142 valence electrons. The summed E-state index contributed by atoms with van der Waals surface area (Å²) in [6, 6.07) is 7.98. The number of ether oxygens (including phenoxy) is 2. The number of hydrogen-bond donors (Lipinski definition) is 2. The Bertz CT molecular complexity index is 895. The highest BCUT2D eigenvalue weighted by atomic mass is 16.6. The Hall–Kier alpha value is -3.62. The zero-order valence-corrected chi connectivity index (χ0v) is 14.9. The number of phenols is 1. The van der Waals surface area contributed by atoms with Crippen molar-refractivity contribution in [3.63, 3.8) is 0 Å². The van der Waals surface area contributed by atoms with Crippen LogP contribution in [-0.4, -0.2) is 35.1 Å². The molecule has 2 N–H and O–H groups in total. The Morgan fingerprint density at radius 3 is 2.52 bits per heavy atom. The molecule has 0 heterocycles. The number of phenolic OH excluding ortho intramolecular Hbond substituents is 1. The number of benzene rings is 2. The summed E-state index contributed by atoms with van der Waals surface area (Å²) in [5.41, 5.74) is 0.527. The van der Waals surface area contributed by atoms with Crippen LogP contribution in [0.3, 0.4) is 0 Å². The number of nitrogens with one attached hydrogen (secondary N) is 1. The third-order valence-electron chi connectivity index (χ3n) is 3.75. The first kappa shape index (κ1) is 19.7. The van der Waals surface area contributed by atoms with Crippen LogP contribution in [-0.2, 0) is 9.53 Å². The van der Waals surface area contributed by atoms with Crippen LogP contribution in [0.5, 0.6) is 11.5 Å². The lowest BCUT2D eigenvalue weighted by atomic mass is 10.1. The number of amides is 1. The fraction of sp³-hybridized carbons (Fsp3) is 0.222. The van der Waals surface area contributed by atoms with Crippen molar-refractivity contribution in [1.82, 2.24) is 0 Å². The second-order valence-electron chi connectivity index (χ2n) is 5.68. The molecule has 0 aliphatic heterocycles. The Labute approximate surface area is 154 Å². The molecule has 0 fully saturated rings. The quantitative estimate of drug-likeness (QED) is 0.452. The molecule has 2 aromatic rings. The summed E-state index contributed by atoms with van der Waals surface area (Å²) in [6.45, 7) is 3.03. The van der Waals surface area contributed by atoms with Crippen LogP contribution < -0.4 is 10.1 Å². The Morgan fingerprint density at radius 2 is 1.93 bits per heavy atom. The number of aromatic hydroxyl groups is 1. The van der Waals surface area contributed by atoms with Gasteiger partial charge >= 0.3 is 5.97 Å². The van der Waals surface area contributed by atoms with Gasteiger partial charge in [-0.15, -0.1) is 0 Å². The van der Waals surface area contributed by atoms with E-state index in [0.717, 1.165) is 6.07 Å². The van der Waals surface area contributed by atoms with Gasteiger partial charge in [0.2, 0.25) is 0 Å². The molecule has 1 atom stereocenters. The molecule has 2 aromatic carbocycles. The highest BCUT2D eigenvalue weighted by molar-refractivity contribution is 5.98. The number of rotatable bonds is 6. The summed E-state index contributed by atoms with van der Waals surface area (Å²) in [4.78, 5) is 34.7. The molecule has 0 bridgehead atoms. The van der Waals surface area contributed by atoms with Gasteiger partial charge in [0, 0.05) is 12.1 Å². The molecule has 0 radical (unpaired) electrons. The number of carbonyl (C=O) groups excluding carboxylic acids is 2. The van der Waals surface area contributed by atoms with Crippen molar-refractivity contribution in [2.45, 2.75) is 20.0 Å². The fourth-order valence-corrected chi connectivity index (χ4v) is 2.16. The first-order valence-corrected chi connectivity index (χ1v) is 7.86. The zero-order valence-electron chi connectivity index (χ0n) is 14.9. The van der Waals surface area contributed by atoms with Gasteiger partial charge in [-0.05, 0) is 37.6 Å².